The van der Waals surface area contributed by atoms with Crippen LogP contribution in [-0.4, -0.2) is 26.9 Å². The second-order valence-corrected chi connectivity index (χ2v) is 11.8. The van der Waals surface area contributed by atoms with Crippen LogP contribution in [0.4, 0.5) is 15.0 Å². The SMILES string of the molecule is C[C@@H](OC(=O)Nc1c(-c2cc3sc(-c4ccc(C5(C(=O)O)CC5)cc4F)cc3s2)cnn1C)c1ccccc1. The number of aromatic nitrogens is 2. The van der Waals surface area contributed by atoms with E-state index >= 15 is 4.39 Å². The minimum absolute atomic E-state index is 0.415. The first-order valence-electron chi connectivity index (χ1n) is 12.4. The molecule has 2 N–H and O–H groups in total. The number of carbonyl (C=O) groups excluding carboxylic acids is 1. The van der Waals surface area contributed by atoms with Crippen molar-refractivity contribution in [3.63, 3.8) is 0 Å². The smallest absolute Gasteiger partial charge is 0.413 e. The van der Waals surface area contributed by atoms with Gasteiger partial charge in [0.2, 0.25) is 0 Å². The van der Waals surface area contributed by atoms with E-state index in [4.69, 9.17) is 4.74 Å². The number of nitrogens with zero attached hydrogens (tertiary/aromatic N) is 2. The first kappa shape index (κ1) is 25.3. The van der Waals surface area contributed by atoms with Crippen LogP contribution in [0.3, 0.4) is 0 Å². The number of halogens is 1. The number of nitrogens with one attached hydrogen (secondary N) is 1. The molecule has 1 aliphatic rings. The zero-order valence-corrected chi connectivity index (χ0v) is 22.7. The minimum Gasteiger partial charge on any atom is -0.481 e. The van der Waals surface area contributed by atoms with Crippen molar-refractivity contribution < 1.29 is 23.8 Å². The van der Waals surface area contributed by atoms with Gasteiger partial charge in [0.25, 0.3) is 0 Å². The zero-order valence-electron chi connectivity index (χ0n) is 21.1. The lowest BCUT2D eigenvalue weighted by atomic mass is 9.94. The van der Waals surface area contributed by atoms with Gasteiger partial charge in [-0.3, -0.25) is 14.8 Å². The van der Waals surface area contributed by atoms with Crippen LogP contribution in [0.5, 0.6) is 0 Å². The highest BCUT2D eigenvalue weighted by molar-refractivity contribution is 7.31. The average molecular weight is 562 g/mol. The third-order valence-electron chi connectivity index (χ3n) is 7.13. The van der Waals surface area contributed by atoms with Gasteiger partial charge >= 0.3 is 12.1 Å². The number of thiophene rings is 2. The molecule has 3 aromatic heterocycles. The van der Waals surface area contributed by atoms with Crippen LogP contribution in [-0.2, 0) is 22.0 Å². The number of aryl methyl sites for hydroxylation is 1. The number of anilines is 1. The molecule has 1 fully saturated rings. The van der Waals surface area contributed by atoms with Gasteiger partial charge in [-0.2, -0.15) is 5.10 Å². The summed E-state index contributed by atoms with van der Waals surface area (Å²) < 4.78 is 24.2. The van der Waals surface area contributed by atoms with Gasteiger partial charge in [0.15, 0.2) is 0 Å². The summed E-state index contributed by atoms with van der Waals surface area (Å²) in [6, 6.07) is 18.2. The zero-order chi connectivity index (χ0) is 27.3. The Kier molecular flexibility index (Phi) is 6.23. The van der Waals surface area contributed by atoms with Crippen molar-refractivity contribution in [3.8, 4) is 20.9 Å². The predicted molar refractivity (Wildman–Crippen MR) is 151 cm³/mol. The highest BCUT2D eigenvalue weighted by atomic mass is 32.1. The summed E-state index contributed by atoms with van der Waals surface area (Å²) in [7, 11) is 1.75. The van der Waals surface area contributed by atoms with Crippen molar-refractivity contribution in [1.82, 2.24) is 9.78 Å². The van der Waals surface area contributed by atoms with Crippen LogP contribution in [0.15, 0.2) is 66.9 Å². The van der Waals surface area contributed by atoms with E-state index in [2.05, 4.69) is 10.4 Å². The van der Waals surface area contributed by atoms with E-state index in [1.807, 2.05) is 49.4 Å². The lowest BCUT2D eigenvalue weighted by Gasteiger charge is -2.14. The number of carbonyl (C=O) groups is 2. The molecule has 39 heavy (non-hydrogen) atoms. The van der Waals surface area contributed by atoms with Crippen molar-refractivity contribution in [2.24, 2.45) is 7.05 Å². The Labute approximate surface area is 231 Å². The number of aliphatic carboxylic acids is 1. The summed E-state index contributed by atoms with van der Waals surface area (Å²) in [4.78, 5) is 26.0. The molecule has 198 valence electrons. The molecule has 3 heterocycles. The van der Waals surface area contributed by atoms with Gasteiger partial charge in [-0.05, 0) is 49.1 Å². The van der Waals surface area contributed by atoms with Crippen molar-refractivity contribution in [3.05, 3.63) is 83.8 Å². The lowest BCUT2D eigenvalue weighted by molar-refractivity contribution is -0.140. The molecule has 7 nitrogen and oxygen atoms in total. The normalized spacial score (nSPS) is 14.7. The summed E-state index contributed by atoms with van der Waals surface area (Å²) in [6.07, 6.45) is 1.77. The molecule has 2 aromatic carbocycles. The Morgan fingerprint density at radius 1 is 1.05 bits per heavy atom. The second-order valence-electron chi connectivity index (χ2n) is 9.65. The molecule has 5 aromatic rings. The number of fused-ring (bicyclic) bond motifs is 1. The van der Waals surface area contributed by atoms with E-state index < -0.39 is 29.4 Å². The van der Waals surface area contributed by atoms with Crippen molar-refractivity contribution in [1.29, 1.82) is 0 Å². The maximum atomic E-state index is 15.1. The van der Waals surface area contributed by atoms with Gasteiger partial charge in [-0.1, -0.05) is 42.5 Å². The van der Waals surface area contributed by atoms with E-state index in [-0.39, 0.29) is 0 Å². The van der Waals surface area contributed by atoms with Crippen molar-refractivity contribution >= 4 is 50.0 Å². The number of benzene rings is 2. The highest BCUT2D eigenvalue weighted by Crippen LogP contribution is 2.50. The Hall–Kier alpha value is -4.02. The van der Waals surface area contributed by atoms with E-state index in [0.717, 1.165) is 30.3 Å². The number of hydrogen-bond donors (Lipinski definition) is 2. The first-order valence-corrected chi connectivity index (χ1v) is 14.0. The maximum Gasteiger partial charge on any atom is 0.413 e. The van der Waals surface area contributed by atoms with E-state index in [9.17, 15) is 14.7 Å². The quantitative estimate of drug-likeness (QED) is 0.213. The molecule has 0 unspecified atom stereocenters. The minimum atomic E-state index is -0.939. The number of amides is 1. The molecular weight excluding hydrogens is 537 g/mol. The van der Waals surface area contributed by atoms with Crippen molar-refractivity contribution in [2.45, 2.75) is 31.3 Å². The Morgan fingerprint density at radius 2 is 1.72 bits per heavy atom. The molecule has 0 spiro atoms. The molecule has 0 radical (unpaired) electrons. The highest BCUT2D eigenvalue weighted by Gasteiger charge is 2.51. The molecule has 0 bridgehead atoms. The Morgan fingerprint density at radius 3 is 2.33 bits per heavy atom. The molecule has 6 rings (SSSR count). The first-order chi connectivity index (χ1) is 18.7. The molecule has 10 heteroatoms. The molecular formula is C29H24FN3O4S2. The third-order valence-corrected chi connectivity index (χ3v) is 9.49. The maximum absolute atomic E-state index is 15.1. The van der Waals surface area contributed by atoms with Crippen LogP contribution >= 0.6 is 22.7 Å². The van der Waals surface area contributed by atoms with Crippen LogP contribution in [0.2, 0.25) is 0 Å². The van der Waals surface area contributed by atoms with Crippen LogP contribution < -0.4 is 5.32 Å². The summed E-state index contributed by atoms with van der Waals surface area (Å²) in [5, 5.41) is 16.7. The average Bonchev–Trinajstić information content (AvgIpc) is 3.35. The number of rotatable bonds is 7. The van der Waals surface area contributed by atoms with Crippen LogP contribution in [0.1, 0.15) is 37.0 Å². The van der Waals surface area contributed by atoms with Crippen molar-refractivity contribution in [2.75, 3.05) is 5.32 Å². The molecule has 1 aliphatic carbocycles. The summed E-state index contributed by atoms with van der Waals surface area (Å²) in [5.74, 6) is -0.804. The van der Waals surface area contributed by atoms with Crippen LogP contribution in [0.25, 0.3) is 30.3 Å². The molecule has 1 amide bonds. The number of hydrogen-bond acceptors (Lipinski definition) is 6. The monoisotopic (exact) mass is 561 g/mol. The number of ether oxygens (including phenoxy) is 1. The molecule has 0 saturated heterocycles. The van der Waals surface area contributed by atoms with E-state index in [1.165, 1.54) is 28.7 Å². The van der Waals surface area contributed by atoms with Gasteiger partial charge < -0.3 is 9.84 Å². The topological polar surface area (TPSA) is 93.4 Å². The molecule has 1 saturated carbocycles. The van der Waals surface area contributed by atoms with Gasteiger partial charge in [0, 0.05) is 31.8 Å². The fraction of sp³-hybridized carbons (Fsp3) is 0.207. The lowest BCUT2D eigenvalue weighted by Crippen LogP contribution is -2.19. The summed E-state index contributed by atoms with van der Waals surface area (Å²) in [5.41, 5.74) is 1.69. The standard InChI is InChI=1S/C29H24FN3O4S2/c1-16(17-6-4-3-5-7-17)37-28(36)32-26-20(15-31-33(26)2)23-14-25-24(39-23)13-22(38-25)19-9-8-18(12-21(19)30)29(10-11-29)27(34)35/h3-9,12-16H,10-11H2,1-2H3,(H,32,36)(H,34,35)/t16-/m1/s1. The Bertz CT molecular complexity index is 1690. The third kappa shape index (κ3) is 4.59. The van der Waals surface area contributed by atoms with Gasteiger partial charge in [0.1, 0.15) is 17.7 Å². The number of carboxylic acid groups (broad SMARTS) is 1. The van der Waals surface area contributed by atoms with Crippen LogP contribution in [0, 0.1) is 5.82 Å². The Balaban J connectivity index is 1.22. The largest absolute Gasteiger partial charge is 0.481 e. The molecule has 1 atom stereocenters. The van der Waals surface area contributed by atoms with Gasteiger partial charge in [-0.15, -0.1) is 22.7 Å². The van der Waals surface area contributed by atoms with Gasteiger partial charge in [-0.25, -0.2) is 9.18 Å². The summed E-state index contributed by atoms with van der Waals surface area (Å²) in [6.45, 7) is 1.82. The predicted octanol–water partition coefficient (Wildman–Crippen LogP) is 7.60. The van der Waals surface area contributed by atoms with E-state index in [1.54, 1.807) is 30.1 Å². The van der Waals surface area contributed by atoms with Gasteiger partial charge in [0.05, 0.1) is 17.2 Å². The molecule has 0 aliphatic heterocycles. The summed E-state index contributed by atoms with van der Waals surface area (Å²) >= 11 is 2.99. The fourth-order valence-corrected chi connectivity index (χ4v) is 7.14. The fourth-order valence-electron chi connectivity index (χ4n) is 4.71. The van der Waals surface area contributed by atoms with E-state index in [0.29, 0.717) is 29.8 Å². The second kappa shape index (κ2) is 9.62. The number of carboxylic acids is 1.